The third-order valence-electron chi connectivity index (χ3n) is 7.00. The van der Waals surface area contributed by atoms with Gasteiger partial charge in [-0.2, -0.15) is 0 Å². The molecule has 5 rings (SSSR count). The Balaban J connectivity index is 1.45. The molecule has 0 amide bonds. The molecule has 4 heterocycles. The number of aromatic nitrogens is 4. The zero-order valence-corrected chi connectivity index (χ0v) is 20.7. The second kappa shape index (κ2) is 12.5. The molecule has 0 bridgehead atoms. The molecule has 0 N–H and O–H groups in total. The van der Waals surface area contributed by atoms with Crippen LogP contribution in [0.5, 0.6) is 0 Å². The summed E-state index contributed by atoms with van der Waals surface area (Å²) in [5.41, 5.74) is 4.38. The lowest BCUT2D eigenvalue weighted by molar-refractivity contribution is 0.0272. The molecule has 0 spiro atoms. The molecule has 1 aliphatic carbocycles. The lowest BCUT2D eigenvalue weighted by atomic mass is 9.87. The van der Waals surface area contributed by atoms with Gasteiger partial charge >= 0.3 is 0 Å². The fourth-order valence-corrected chi connectivity index (χ4v) is 5.32. The van der Waals surface area contributed by atoms with Gasteiger partial charge in [-0.3, -0.25) is 29.7 Å². The van der Waals surface area contributed by atoms with E-state index in [4.69, 9.17) is 0 Å². The van der Waals surface area contributed by atoms with Crippen LogP contribution in [0.2, 0.25) is 0 Å². The first-order chi connectivity index (χ1) is 17.8. The van der Waals surface area contributed by atoms with Crippen LogP contribution in [0.4, 0.5) is 0 Å². The lowest BCUT2D eigenvalue weighted by Crippen LogP contribution is -2.52. The maximum atomic E-state index is 4.66. The molecule has 184 valence electrons. The van der Waals surface area contributed by atoms with E-state index < -0.39 is 0 Å². The monoisotopic (exact) mass is 478 g/mol. The fraction of sp³-hybridized carbons (Fsp3) is 0.333. The van der Waals surface area contributed by atoms with E-state index in [0.29, 0.717) is 12.1 Å². The topological polar surface area (TPSA) is 58.0 Å². The van der Waals surface area contributed by atoms with E-state index in [0.717, 1.165) is 61.8 Å². The second-order valence-electron chi connectivity index (χ2n) is 9.51. The van der Waals surface area contributed by atoms with Crippen LogP contribution in [-0.2, 0) is 26.2 Å². The molecular weight excluding hydrogens is 444 g/mol. The minimum atomic E-state index is 0.384. The summed E-state index contributed by atoms with van der Waals surface area (Å²) < 4.78 is 0. The van der Waals surface area contributed by atoms with Gasteiger partial charge in [-0.25, -0.2) is 0 Å². The summed E-state index contributed by atoms with van der Waals surface area (Å²) in [7, 11) is 0. The van der Waals surface area contributed by atoms with Crippen LogP contribution in [0.25, 0.3) is 0 Å². The highest BCUT2D eigenvalue weighted by molar-refractivity contribution is 5.10. The van der Waals surface area contributed by atoms with Gasteiger partial charge in [-0.1, -0.05) is 37.1 Å². The molecule has 0 radical (unpaired) electrons. The Hall–Kier alpha value is -3.48. The van der Waals surface area contributed by atoms with Crippen LogP contribution in [0.3, 0.4) is 0 Å². The minimum Gasteiger partial charge on any atom is -0.287 e. The third-order valence-corrected chi connectivity index (χ3v) is 7.00. The number of nitrogens with zero attached hydrogens (tertiary/aromatic N) is 6. The predicted octanol–water partition coefficient (Wildman–Crippen LogP) is 5.28. The van der Waals surface area contributed by atoms with Gasteiger partial charge in [0.25, 0.3) is 0 Å². The molecule has 4 aromatic heterocycles. The maximum Gasteiger partial charge on any atom is 0.0544 e. The van der Waals surface area contributed by atoms with E-state index in [1.54, 1.807) is 0 Å². The summed E-state index contributed by atoms with van der Waals surface area (Å²) in [6.45, 7) is 3.22. The van der Waals surface area contributed by atoms with Crippen molar-refractivity contribution in [3.05, 3.63) is 120 Å². The van der Waals surface area contributed by atoms with Crippen molar-refractivity contribution in [1.82, 2.24) is 29.7 Å². The average Bonchev–Trinajstić information content (AvgIpc) is 2.95. The van der Waals surface area contributed by atoms with Gasteiger partial charge in [0, 0.05) is 63.1 Å². The smallest absolute Gasteiger partial charge is 0.0544 e. The Morgan fingerprint density at radius 2 is 0.778 bits per heavy atom. The van der Waals surface area contributed by atoms with Crippen LogP contribution in [0.15, 0.2) is 97.6 Å². The van der Waals surface area contributed by atoms with Gasteiger partial charge in [0.2, 0.25) is 0 Å². The SMILES string of the molecule is c1ccc(CN(Cc2ccccn2)C2CCCCC2N(Cc2ccccn2)Cc2ccccn2)nc1. The molecular formula is C30H34N6. The van der Waals surface area contributed by atoms with Gasteiger partial charge in [0.05, 0.1) is 22.8 Å². The van der Waals surface area contributed by atoms with Crippen LogP contribution in [-0.4, -0.2) is 41.8 Å². The van der Waals surface area contributed by atoms with E-state index in [-0.39, 0.29) is 0 Å². The van der Waals surface area contributed by atoms with Crippen molar-refractivity contribution in [2.75, 3.05) is 0 Å². The van der Waals surface area contributed by atoms with E-state index in [2.05, 4.69) is 78.3 Å². The van der Waals surface area contributed by atoms with E-state index in [1.165, 1.54) is 12.8 Å². The first kappa shape index (κ1) is 24.2. The highest BCUT2D eigenvalue weighted by atomic mass is 15.3. The quantitative estimate of drug-likeness (QED) is 0.309. The summed E-state index contributed by atoms with van der Waals surface area (Å²) in [4.78, 5) is 23.8. The molecule has 0 aromatic carbocycles. The molecule has 36 heavy (non-hydrogen) atoms. The highest BCUT2D eigenvalue weighted by Crippen LogP contribution is 2.31. The zero-order valence-electron chi connectivity index (χ0n) is 20.7. The molecule has 1 saturated carbocycles. The van der Waals surface area contributed by atoms with Crippen molar-refractivity contribution < 1.29 is 0 Å². The molecule has 2 atom stereocenters. The molecule has 0 saturated heterocycles. The molecule has 0 aliphatic heterocycles. The Labute approximate surface area is 214 Å². The first-order valence-electron chi connectivity index (χ1n) is 12.9. The van der Waals surface area contributed by atoms with E-state index in [1.807, 2.05) is 49.1 Å². The highest BCUT2D eigenvalue weighted by Gasteiger charge is 2.35. The van der Waals surface area contributed by atoms with Crippen LogP contribution in [0.1, 0.15) is 48.5 Å². The molecule has 4 aromatic rings. The summed E-state index contributed by atoms with van der Waals surface area (Å²) in [5.74, 6) is 0. The maximum absolute atomic E-state index is 4.66. The van der Waals surface area contributed by atoms with Crippen LogP contribution < -0.4 is 0 Å². The number of hydrogen-bond acceptors (Lipinski definition) is 6. The molecule has 1 aliphatic rings. The van der Waals surface area contributed by atoms with E-state index in [9.17, 15) is 0 Å². The standard InChI is InChI=1S/C30H34N6/c1-2-16-30(36(23-27-13-5-9-19-33-27)24-28-14-6-10-20-34-28)29(15-1)35(21-25-11-3-7-17-31-25)22-26-12-4-8-18-32-26/h3-14,17-20,29-30H,1-2,15-16,21-24H2. The Kier molecular flexibility index (Phi) is 8.39. The third kappa shape index (κ3) is 6.59. The van der Waals surface area contributed by atoms with Crippen molar-refractivity contribution in [2.24, 2.45) is 0 Å². The number of rotatable bonds is 10. The average molecular weight is 479 g/mol. The van der Waals surface area contributed by atoms with Crippen molar-refractivity contribution in [1.29, 1.82) is 0 Å². The van der Waals surface area contributed by atoms with E-state index >= 15 is 0 Å². The van der Waals surface area contributed by atoms with Crippen LogP contribution >= 0.6 is 0 Å². The first-order valence-corrected chi connectivity index (χ1v) is 12.9. The Morgan fingerprint density at radius 1 is 0.472 bits per heavy atom. The predicted molar refractivity (Wildman–Crippen MR) is 141 cm³/mol. The summed E-state index contributed by atoms with van der Waals surface area (Å²) in [5, 5.41) is 0. The Bertz CT molecular complexity index is 979. The molecule has 6 heteroatoms. The Morgan fingerprint density at radius 3 is 1.03 bits per heavy atom. The summed E-state index contributed by atoms with van der Waals surface area (Å²) in [6, 6.07) is 25.5. The minimum absolute atomic E-state index is 0.384. The van der Waals surface area contributed by atoms with Crippen molar-refractivity contribution >= 4 is 0 Å². The normalized spacial score (nSPS) is 17.9. The van der Waals surface area contributed by atoms with Gasteiger partial charge in [0.1, 0.15) is 0 Å². The molecule has 2 unspecified atom stereocenters. The number of pyridine rings is 4. The van der Waals surface area contributed by atoms with Crippen molar-refractivity contribution in [3.63, 3.8) is 0 Å². The zero-order chi connectivity index (χ0) is 24.4. The second-order valence-corrected chi connectivity index (χ2v) is 9.51. The number of hydrogen-bond donors (Lipinski definition) is 0. The van der Waals surface area contributed by atoms with Crippen LogP contribution in [0, 0.1) is 0 Å². The molecule has 1 fully saturated rings. The van der Waals surface area contributed by atoms with Gasteiger partial charge in [0.15, 0.2) is 0 Å². The fourth-order valence-electron chi connectivity index (χ4n) is 5.32. The van der Waals surface area contributed by atoms with Crippen molar-refractivity contribution in [3.8, 4) is 0 Å². The summed E-state index contributed by atoms with van der Waals surface area (Å²) >= 11 is 0. The van der Waals surface area contributed by atoms with Gasteiger partial charge in [-0.05, 0) is 61.4 Å². The van der Waals surface area contributed by atoms with Gasteiger partial charge < -0.3 is 0 Å². The van der Waals surface area contributed by atoms with Crippen molar-refractivity contribution in [2.45, 2.75) is 63.9 Å². The lowest BCUT2D eigenvalue weighted by Gasteiger charge is -2.45. The van der Waals surface area contributed by atoms with Gasteiger partial charge in [-0.15, -0.1) is 0 Å². The molecule has 6 nitrogen and oxygen atoms in total. The largest absolute Gasteiger partial charge is 0.287 e. The summed E-state index contributed by atoms with van der Waals surface area (Å²) in [6.07, 6.45) is 12.4.